The number of nitrogens with two attached hydrogens (primary N) is 1. The van der Waals surface area contributed by atoms with E-state index in [0.717, 1.165) is 39.9 Å². The molecule has 1 amide bonds. The summed E-state index contributed by atoms with van der Waals surface area (Å²) in [5.74, 6) is 0.144. The number of carbonyl (C=O) groups is 1. The van der Waals surface area contributed by atoms with Crippen molar-refractivity contribution in [3.8, 4) is 11.3 Å². The number of alkyl halides is 2. The second-order valence-electron chi connectivity index (χ2n) is 9.65. The van der Waals surface area contributed by atoms with Crippen LogP contribution < -0.4 is 11.1 Å². The van der Waals surface area contributed by atoms with E-state index in [4.69, 9.17) is 10.7 Å². The second-order valence-corrected chi connectivity index (χ2v) is 9.65. The van der Waals surface area contributed by atoms with Gasteiger partial charge in [0, 0.05) is 36.4 Å². The molecule has 4 aromatic rings. The largest absolute Gasteiger partial charge is 0.384 e. The monoisotopic (exact) mass is 504 g/mol. The highest BCUT2D eigenvalue weighted by Gasteiger charge is 2.24. The lowest BCUT2D eigenvalue weighted by atomic mass is 9.94. The van der Waals surface area contributed by atoms with Crippen LogP contribution in [0.25, 0.3) is 22.3 Å². The van der Waals surface area contributed by atoms with E-state index < -0.39 is 12.8 Å². The summed E-state index contributed by atoms with van der Waals surface area (Å²) in [6.45, 7) is 5.26. The molecule has 0 bridgehead atoms. The molecule has 7 nitrogen and oxygen atoms in total. The minimum Gasteiger partial charge on any atom is -0.384 e. The Kier molecular flexibility index (Phi) is 6.88. The van der Waals surface area contributed by atoms with Crippen LogP contribution in [0.3, 0.4) is 0 Å². The van der Waals surface area contributed by atoms with E-state index in [-0.39, 0.29) is 5.91 Å². The molecule has 0 radical (unpaired) electrons. The van der Waals surface area contributed by atoms with Gasteiger partial charge >= 0.3 is 0 Å². The number of hydrogen-bond donors (Lipinski definition) is 3. The van der Waals surface area contributed by atoms with Gasteiger partial charge in [0.2, 0.25) is 0 Å². The van der Waals surface area contributed by atoms with Gasteiger partial charge in [-0.2, -0.15) is 5.10 Å². The Bertz CT molecular complexity index is 1470. The number of anilines is 2. The molecule has 2 aromatic carbocycles. The van der Waals surface area contributed by atoms with E-state index >= 15 is 0 Å². The first-order valence-corrected chi connectivity index (χ1v) is 12.4. The fraction of sp³-hybridized carbons (Fsp3) is 0.321. The molecular formula is C28H30F2N6O. The minimum absolute atomic E-state index is 0.320. The minimum atomic E-state index is -0.779. The first-order valence-electron chi connectivity index (χ1n) is 12.4. The number of nitrogens with one attached hydrogen (secondary N) is 2. The third-order valence-electron chi connectivity index (χ3n) is 7.09. The third kappa shape index (κ3) is 5.04. The van der Waals surface area contributed by atoms with Crippen molar-refractivity contribution >= 4 is 28.4 Å². The van der Waals surface area contributed by atoms with Gasteiger partial charge in [0.05, 0.1) is 11.1 Å². The van der Waals surface area contributed by atoms with Crippen LogP contribution in [0.4, 0.5) is 20.3 Å². The van der Waals surface area contributed by atoms with E-state index in [1.165, 1.54) is 0 Å². The van der Waals surface area contributed by atoms with Crippen molar-refractivity contribution < 1.29 is 13.6 Å². The highest BCUT2D eigenvalue weighted by molar-refractivity contribution is 6.04. The molecule has 0 spiro atoms. The van der Waals surface area contributed by atoms with E-state index in [2.05, 4.69) is 20.4 Å². The van der Waals surface area contributed by atoms with Crippen molar-refractivity contribution in [2.24, 2.45) is 0 Å². The third-order valence-corrected chi connectivity index (χ3v) is 7.09. The summed E-state index contributed by atoms with van der Waals surface area (Å²) in [4.78, 5) is 19.9. The number of aromatic amines is 1. The van der Waals surface area contributed by atoms with Crippen LogP contribution in [0.1, 0.15) is 39.0 Å². The van der Waals surface area contributed by atoms with Gasteiger partial charge in [-0.1, -0.05) is 18.2 Å². The average molecular weight is 505 g/mol. The zero-order valence-corrected chi connectivity index (χ0v) is 20.9. The normalized spacial score (nSPS) is 15.9. The summed E-state index contributed by atoms with van der Waals surface area (Å²) in [5, 5.41) is 10.8. The number of hydrogen-bond acceptors (Lipinski definition) is 5. The molecule has 192 valence electrons. The molecule has 9 heteroatoms. The van der Waals surface area contributed by atoms with E-state index in [1.54, 1.807) is 24.3 Å². The van der Waals surface area contributed by atoms with Gasteiger partial charge in [-0.05, 0) is 73.2 Å². The molecule has 1 atom stereocenters. The summed E-state index contributed by atoms with van der Waals surface area (Å²) in [7, 11) is 0. The van der Waals surface area contributed by atoms with Crippen LogP contribution in [0.5, 0.6) is 0 Å². The summed E-state index contributed by atoms with van der Waals surface area (Å²) in [6.07, 6.45) is 0.458. The molecule has 3 heterocycles. The fourth-order valence-corrected chi connectivity index (χ4v) is 5.04. The number of nitrogen functional groups attached to an aromatic ring is 1. The Labute approximate surface area is 214 Å². The number of nitrogens with zero attached hydrogens (tertiary/aromatic N) is 3. The summed E-state index contributed by atoms with van der Waals surface area (Å²) >= 11 is 0. The summed E-state index contributed by atoms with van der Waals surface area (Å²) in [5.41, 5.74) is 12.7. The van der Waals surface area contributed by atoms with E-state index in [1.807, 2.05) is 32.0 Å². The average Bonchev–Trinajstić information content (AvgIpc) is 3.49. The first kappa shape index (κ1) is 24.8. The van der Waals surface area contributed by atoms with Crippen molar-refractivity contribution in [1.82, 2.24) is 20.1 Å². The molecule has 1 unspecified atom stereocenters. The Morgan fingerprint density at radius 3 is 2.84 bits per heavy atom. The van der Waals surface area contributed by atoms with Gasteiger partial charge in [-0.25, -0.2) is 13.8 Å². The summed E-state index contributed by atoms with van der Waals surface area (Å²) < 4.78 is 26.8. The Hall–Kier alpha value is -3.85. The number of aromatic nitrogens is 3. The van der Waals surface area contributed by atoms with Crippen molar-refractivity contribution in [2.75, 3.05) is 30.7 Å². The molecule has 1 saturated heterocycles. The number of amides is 1. The number of benzene rings is 2. The molecule has 1 aliphatic heterocycles. The number of pyridine rings is 1. The Morgan fingerprint density at radius 1 is 1.24 bits per heavy atom. The van der Waals surface area contributed by atoms with Crippen LogP contribution >= 0.6 is 0 Å². The maximum Gasteiger partial charge on any atom is 0.255 e. The molecule has 1 fully saturated rings. The highest BCUT2D eigenvalue weighted by atomic mass is 19.1. The van der Waals surface area contributed by atoms with Gasteiger partial charge in [0.15, 0.2) is 5.65 Å². The van der Waals surface area contributed by atoms with Crippen LogP contribution in [0.15, 0.2) is 42.5 Å². The Morgan fingerprint density at radius 2 is 2.08 bits per heavy atom. The lowest BCUT2D eigenvalue weighted by Crippen LogP contribution is -2.24. The Balaban J connectivity index is 1.51. The van der Waals surface area contributed by atoms with Crippen molar-refractivity contribution in [3.63, 3.8) is 0 Å². The highest BCUT2D eigenvalue weighted by Crippen LogP contribution is 2.35. The van der Waals surface area contributed by atoms with Crippen molar-refractivity contribution in [1.29, 1.82) is 0 Å². The van der Waals surface area contributed by atoms with Crippen LogP contribution in [0.2, 0.25) is 0 Å². The van der Waals surface area contributed by atoms with E-state index in [0.29, 0.717) is 54.2 Å². The van der Waals surface area contributed by atoms with E-state index in [9.17, 15) is 13.6 Å². The van der Waals surface area contributed by atoms with Crippen molar-refractivity contribution in [2.45, 2.75) is 39.5 Å². The molecule has 1 aliphatic rings. The van der Waals surface area contributed by atoms with Crippen LogP contribution in [-0.4, -0.2) is 51.8 Å². The summed E-state index contributed by atoms with van der Waals surface area (Å²) in [6, 6.07) is 12.2. The molecule has 0 aliphatic carbocycles. The first-order chi connectivity index (χ1) is 17.8. The molecule has 37 heavy (non-hydrogen) atoms. The van der Waals surface area contributed by atoms with Crippen LogP contribution in [-0.2, 0) is 13.1 Å². The van der Waals surface area contributed by atoms with Gasteiger partial charge in [-0.15, -0.1) is 0 Å². The fourth-order valence-electron chi connectivity index (χ4n) is 5.04. The number of fused-ring (bicyclic) bond motifs is 1. The molecule has 4 N–H and O–H groups in total. The lowest BCUT2D eigenvalue weighted by molar-refractivity contribution is 0.102. The predicted octanol–water partition coefficient (Wildman–Crippen LogP) is 5.13. The molecule has 5 rings (SSSR count). The van der Waals surface area contributed by atoms with Gasteiger partial charge in [0.1, 0.15) is 18.7 Å². The quantitative estimate of drug-likeness (QED) is 0.324. The maximum absolute atomic E-state index is 13.8. The molecule has 2 aromatic heterocycles. The molecule has 0 saturated carbocycles. The zero-order chi connectivity index (χ0) is 26.1. The lowest BCUT2D eigenvalue weighted by Gasteiger charge is -2.19. The van der Waals surface area contributed by atoms with Crippen LogP contribution in [0, 0.1) is 13.8 Å². The van der Waals surface area contributed by atoms with Gasteiger partial charge in [0.25, 0.3) is 5.91 Å². The number of halogens is 2. The molecular weight excluding hydrogens is 474 g/mol. The number of H-pyrrole nitrogens is 1. The zero-order valence-electron chi connectivity index (χ0n) is 20.9. The van der Waals surface area contributed by atoms with Gasteiger partial charge in [-0.3, -0.25) is 9.89 Å². The number of rotatable bonds is 7. The van der Waals surface area contributed by atoms with Gasteiger partial charge < -0.3 is 16.0 Å². The number of aryl methyl sites for hydroxylation is 2. The smallest absolute Gasteiger partial charge is 0.255 e. The number of carbonyl (C=O) groups excluding carboxylic acids is 1. The predicted molar refractivity (Wildman–Crippen MR) is 142 cm³/mol. The maximum atomic E-state index is 13.8. The second kappa shape index (κ2) is 10.3. The van der Waals surface area contributed by atoms with Crippen molar-refractivity contribution in [3.05, 3.63) is 70.3 Å². The SMILES string of the molecule is Cc1ccc(NC(=O)c2cccc(CF)c2)cc1-c1nc2n[nH]c(N)c2c(C)c1CCN1CCC(F)C1. The standard InChI is InChI=1S/C28H30F2N6O/c1-16-6-7-21(32-28(37)19-5-3-4-18(12-19)14-29)13-23(16)25-22(9-11-36-10-8-20(30)15-36)17(2)24-26(31)34-35-27(24)33-25/h3-7,12-13,20H,8-11,14-15H2,1-2H3,(H,32,37)(H3,31,33,34,35). The topological polar surface area (TPSA) is 99.9 Å². The number of likely N-dealkylation sites (tertiary alicyclic amines) is 1.